The predicted octanol–water partition coefficient (Wildman–Crippen LogP) is -0.783. The number of nitrogens with two attached hydrogens (primary N) is 1. The van der Waals surface area contributed by atoms with Gasteiger partial charge in [0.2, 0.25) is 5.78 Å². The van der Waals surface area contributed by atoms with E-state index in [2.05, 4.69) is 9.68 Å². The smallest absolute Gasteiger partial charge is 0.326 e. The van der Waals surface area contributed by atoms with E-state index in [0.717, 1.165) is 0 Å². The fraction of sp³-hybridized carbons (Fsp3) is 0.714. The van der Waals surface area contributed by atoms with Crippen LogP contribution in [-0.4, -0.2) is 104 Å². The summed E-state index contributed by atoms with van der Waals surface area (Å²) in [7, 11) is 0. The summed E-state index contributed by atoms with van der Waals surface area (Å²) in [4.78, 5) is 78.9. The lowest BCUT2D eigenvalue weighted by Crippen LogP contribution is -2.69. The predicted molar refractivity (Wildman–Crippen MR) is 149 cm³/mol. The molecule has 5 N–H and O–H groups in total. The number of hydrogen-bond donors (Lipinski definition) is 4. The average Bonchev–Trinajstić information content (AvgIpc) is 3.19. The van der Waals surface area contributed by atoms with Gasteiger partial charge in [-0.2, -0.15) is 0 Å². The Morgan fingerprint density at radius 3 is 2.43 bits per heavy atom. The van der Waals surface area contributed by atoms with E-state index in [1.807, 2.05) is 0 Å². The molecule has 2 saturated carbocycles. The van der Waals surface area contributed by atoms with Crippen LogP contribution in [0.4, 0.5) is 4.39 Å². The van der Waals surface area contributed by atoms with Crippen LogP contribution >= 0.6 is 0 Å². The minimum atomic E-state index is -2.57. The third kappa shape index (κ3) is 6.07. The summed E-state index contributed by atoms with van der Waals surface area (Å²) in [5, 5.41) is 52.4. The topological polar surface area (TPSA) is 278 Å². The van der Waals surface area contributed by atoms with Crippen molar-refractivity contribution in [2.24, 2.45) is 28.4 Å². The Morgan fingerprint density at radius 2 is 1.79 bits per heavy atom. The molecule has 18 nitrogen and oxygen atoms in total. The van der Waals surface area contributed by atoms with E-state index in [9.17, 15) is 54.7 Å². The van der Waals surface area contributed by atoms with Crippen LogP contribution in [0.1, 0.15) is 46.0 Å². The molecule has 2 unspecified atom stereocenters. The van der Waals surface area contributed by atoms with Gasteiger partial charge >= 0.3 is 11.9 Å². The van der Waals surface area contributed by atoms with Gasteiger partial charge in [0.25, 0.3) is 10.2 Å². The number of carbonyl (C=O) groups excluding carboxylic acids is 4. The van der Waals surface area contributed by atoms with Crippen LogP contribution in [0, 0.1) is 42.9 Å². The molecule has 0 aromatic heterocycles. The number of alkyl halides is 1. The van der Waals surface area contributed by atoms with E-state index < -0.39 is 119 Å². The van der Waals surface area contributed by atoms with Gasteiger partial charge in [0.15, 0.2) is 23.7 Å². The lowest BCUT2D eigenvalue weighted by atomic mass is 9.45. The molecule has 0 amide bonds. The number of hydrogen-bond acceptors (Lipinski definition) is 16. The molecule has 0 aromatic carbocycles. The molecule has 47 heavy (non-hydrogen) atoms. The molecule has 0 bridgehead atoms. The minimum Gasteiger partial charge on any atom is -0.463 e. The third-order valence-electron chi connectivity index (χ3n) is 10.3. The van der Waals surface area contributed by atoms with Crippen molar-refractivity contribution in [1.82, 2.24) is 0 Å². The molecule has 4 aliphatic carbocycles. The van der Waals surface area contributed by atoms with E-state index in [1.165, 1.54) is 19.1 Å². The number of fused-ring (bicyclic) bond motifs is 5. The zero-order chi connectivity index (χ0) is 35.1. The van der Waals surface area contributed by atoms with Crippen molar-refractivity contribution in [3.8, 4) is 0 Å². The lowest BCUT2D eigenvalue weighted by molar-refractivity contribution is -0.789. The number of halogens is 1. The second kappa shape index (κ2) is 12.9. The van der Waals surface area contributed by atoms with E-state index in [1.54, 1.807) is 13.0 Å². The molecule has 4 rings (SSSR count). The van der Waals surface area contributed by atoms with Gasteiger partial charge in [-0.1, -0.05) is 24.6 Å². The van der Waals surface area contributed by atoms with Crippen LogP contribution in [-0.2, 0) is 38.3 Å². The van der Waals surface area contributed by atoms with Gasteiger partial charge < -0.3 is 40.2 Å². The van der Waals surface area contributed by atoms with Crippen molar-refractivity contribution in [2.75, 3.05) is 19.8 Å². The number of nitrogens with zero attached hydrogens (tertiary/aromatic N) is 2. The first-order chi connectivity index (χ1) is 21.8. The number of ether oxygens (including phenoxy) is 2. The summed E-state index contributed by atoms with van der Waals surface area (Å²) < 4.78 is 26.9. The number of Topliss-reactive ketones (excluding diaryl/α,β-unsaturated/α-hetero) is 1. The maximum absolute atomic E-state index is 17.2. The first-order valence-electron chi connectivity index (χ1n) is 14.7. The van der Waals surface area contributed by atoms with Gasteiger partial charge in [0.05, 0.1) is 18.6 Å². The van der Waals surface area contributed by atoms with Crippen LogP contribution in [0.2, 0.25) is 0 Å². The molecule has 0 saturated heterocycles. The second-order valence-electron chi connectivity index (χ2n) is 12.8. The van der Waals surface area contributed by atoms with Gasteiger partial charge in [-0.05, 0) is 38.2 Å². The number of aliphatic hydroxyl groups is 3. The molecule has 0 heterocycles. The van der Waals surface area contributed by atoms with Crippen LogP contribution in [0.25, 0.3) is 0 Å². The molecule has 0 radical (unpaired) electrons. The normalized spacial score (nSPS) is 36.8. The fourth-order valence-corrected chi connectivity index (χ4v) is 7.88. The summed E-state index contributed by atoms with van der Waals surface area (Å²) in [6.45, 7) is 0.122. The van der Waals surface area contributed by atoms with Crippen molar-refractivity contribution in [2.45, 2.75) is 81.6 Å². The van der Waals surface area contributed by atoms with Crippen LogP contribution < -0.4 is 5.73 Å². The van der Waals surface area contributed by atoms with E-state index in [0.29, 0.717) is 5.57 Å². The highest BCUT2D eigenvalue weighted by molar-refractivity contribution is 5.94. The number of esters is 2. The number of aliphatic hydroxyl groups excluding tert-OH is 2. The maximum Gasteiger partial charge on any atom is 0.326 e. The van der Waals surface area contributed by atoms with E-state index in [4.69, 9.17) is 15.2 Å². The molecule has 2 fully saturated rings. The zero-order valence-corrected chi connectivity index (χ0v) is 25.4. The highest BCUT2D eigenvalue weighted by atomic mass is 19.1. The molecule has 0 spiro atoms. The monoisotopic (exact) mass is 673 g/mol. The van der Waals surface area contributed by atoms with Gasteiger partial charge in [-0.15, -0.1) is 20.2 Å². The Labute approximate surface area is 265 Å². The Hall–Kier alpha value is -4.07. The Kier molecular flexibility index (Phi) is 9.78. The van der Waals surface area contributed by atoms with Crippen molar-refractivity contribution in [1.29, 1.82) is 0 Å². The van der Waals surface area contributed by atoms with Gasteiger partial charge in [0, 0.05) is 23.2 Å². The molecule has 0 aliphatic heterocycles. The Morgan fingerprint density at radius 1 is 1.11 bits per heavy atom. The van der Waals surface area contributed by atoms with Gasteiger partial charge in [-0.25, -0.2) is 4.39 Å². The summed E-state index contributed by atoms with van der Waals surface area (Å²) in [6.07, 6.45) is -2.15. The van der Waals surface area contributed by atoms with Crippen LogP contribution in [0.15, 0.2) is 23.8 Å². The summed E-state index contributed by atoms with van der Waals surface area (Å²) in [5.74, 6) is -5.59. The summed E-state index contributed by atoms with van der Waals surface area (Å²) in [6, 6.07) is -1.69. The SMILES string of the molecule is C[C@]12C=CC(=O)CC1=CC[C@H]1[C@@H]3C[C@@H](O)[C@](O)(C(=O)COC(=O)C(N)COC(=O)CC(CO[N+](=O)[O-])O[N+](=O)[O-])[C@@]3(C)C[C@H](O)[C@@]12F. The standard InChI is InChI=1S/C28H36FN3O15/c1-25-6-5-15(33)7-14(25)3-4-17-18-9-20(34)28(39,26(18,2)10-21(35)27(17,25)29)22(36)13-45-24(38)19(30)12-44-23(37)8-16(47-32(42)43)11-46-31(40)41/h3,5-6,16-21,34-35,39H,4,7-13,30H2,1-2H3/t16?,17-,18-,19?,20+,21-,25-,26-,27-,28-/m0/s1. The van der Waals surface area contributed by atoms with Gasteiger partial charge in [0.1, 0.15) is 25.4 Å². The van der Waals surface area contributed by atoms with Gasteiger partial charge in [-0.3, -0.25) is 19.2 Å². The number of allylic oxidation sites excluding steroid dienone is 4. The first kappa shape index (κ1) is 35.8. The van der Waals surface area contributed by atoms with E-state index in [-0.39, 0.29) is 25.0 Å². The Balaban J connectivity index is 1.39. The number of ketones is 2. The van der Waals surface area contributed by atoms with Crippen LogP contribution in [0.5, 0.6) is 0 Å². The maximum atomic E-state index is 17.2. The molecule has 10 atom stereocenters. The number of carbonyl (C=O) groups is 4. The highest BCUT2D eigenvalue weighted by Crippen LogP contribution is 2.69. The fourth-order valence-electron chi connectivity index (χ4n) is 7.88. The number of rotatable bonds is 13. The first-order valence-corrected chi connectivity index (χ1v) is 14.7. The highest BCUT2D eigenvalue weighted by Gasteiger charge is 2.76. The molecule has 0 aromatic rings. The molecule has 4 aliphatic rings. The largest absolute Gasteiger partial charge is 0.463 e. The molecular weight excluding hydrogens is 637 g/mol. The van der Waals surface area contributed by atoms with Crippen molar-refractivity contribution < 1.29 is 68.2 Å². The van der Waals surface area contributed by atoms with Crippen molar-refractivity contribution >= 4 is 23.5 Å². The molecule has 19 heteroatoms. The molecule has 260 valence electrons. The Bertz CT molecular complexity index is 1410. The minimum absolute atomic E-state index is 0.00671. The quantitative estimate of drug-likeness (QED) is 0.0807. The zero-order valence-electron chi connectivity index (χ0n) is 25.4. The summed E-state index contributed by atoms with van der Waals surface area (Å²) in [5.41, 5.74) is -1.57. The van der Waals surface area contributed by atoms with E-state index >= 15 is 4.39 Å². The van der Waals surface area contributed by atoms with Crippen LogP contribution in [0.3, 0.4) is 0 Å². The second-order valence-corrected chi connectivity index (χ2v) is 12.8. The lowest BCUT2D eigenvalue weighted by Gasteiger charge is -2.61. The third-order valence-corrected chi connectivity index (χ3v) is 10.3. The van der Waals surface area contributed by atoms with Crippen molar-refractivity contribution in [3.63, 3.8) is 0 Å². The van der Waals surface area contributed by atoms with Crippen molar-refractivity contribution in [3.05, 3.63) is 44.0 Å². The average molecular weight is 674 g/mol. The summed E-state index contributed by atoms with van der Waals surface area (Å²) >= 11 is 0. The molecular formula is C28H36FN3O15.